The van der Waals surface area contributed by atoms with Gasteiger partial charge >= 0.3 is 12.1 Å². The molecule has 0 atom stereocenters. The van der Waals surface area contributed by atoms with Gasteiger partial charge in [-0.15, -0.1) is 0 Å². The number of alkyl carbamates (subject to hydrolysis) is 1. The number of carboxylic acids is 1. The van der Waals surface area contributed by atoms with Crippen LogP contribution in [0.25, 0.3) is 11.1 Å². The van der Waals surface area contributed by atoms with E-state index in [0.717, 1.165) is 11.1 Å². The molecule has 0 unspecified atom stereocenters. The average Bonchev–Trinajstić information content (AvgIpc) is 3.07. The summed E-state index contributed by atoms with van der Waals surface area (Å²) in [6.07, 6.45) is 0.189. The van der Waals surface area contributed by atoms with Crippen molar-refractivity contribution in [1.82, 2.24) is 10.6 Å². The molecule has 1 aliphatic rings. The van der Waals surface area contributed by atoms with Gasteiger partial charge in [0.25, 0.3) is 0 Å². The van der Waals surface area contributed by atoms with Gasteiger partial charge in [-0.05, 0) is 34.1 Å². The number of aliphatic carboxylic acids is 1. The van der Waals surface area contributed by atoms with E-state index in [1.54, 1.807) is 13.8 Å². The number of fused-ring (bicyclic) bond motifs is 3. The fourth-order valence-corrected chi connectivity index (χ4v) is 3.99. The van der Waals surface area contributed by atoms with Gasteiger partial charge in [-0.25, -0.2) is 4.79 Å². The highest BCUT2D eigenvalue weighted by molar-refractivity contribution is 5.79. The Morgan fingerprint density at radius 1 is 0.969 bits per heavy atom. The van der Waals surface area contributed by atoms with E-state index in [1.807, 2.05) is 24.3 Å². The van der Waals surface area contributed by atoms with Crippen LogP contribution in [0, 0.1) is 5.41 Å². The zero-order chi connectivity index (χ0) is 23.1. The van der Waals surface area contributed by atoms with Crippen molar-refractivity contribution < 1.29 is 24.2 Å². The van der Waals surface area contributed by atoms with Crippen LogP contribution in [0.2, 0.25) is 0 Å². The van der Waals surface area contributed by atoms with Crippen molar-refractivity contribution >= 4 is 18.0 Å². The Bertz CT molecular complexity index is 940. The molecule has 1 aliphatic carbocycles. The lowest BCUT2D eigenvalue weighted by Crippen LogP contribution is -2.35. The zero-order valence-corrected chi connectivity index (χ0v) is 18.5. The van der Waals surface area contributed by atoms with Gasteiger partial charge in [0.2, 0.25) is 5.91 Å². The van der Waals surface area contributed by atoms with Crippen LogP contribution >= 0.6 is 0 Å². The summed E-state index contributed by atoms with van der Waals surface area (Å²) in [5, 5.41) is 14.3. The number of hydrogen-bond acceptors (Lipinski definition) is 4. The predicted molar refractivity (Wildman–Crippen MR) is 121 cm³/mol. The van der Waals surface area contributed by atoms with Gasteiger partial charge < -0.3 is 20.5 Å². The molecular weight excluding hydrogens is 408 g/mol. The second kappa shape index (κ2) is 10.3. The molecule has 0 aromatic heterocycles. The Hall–Kier alpha value is -3.35. The van der Waals surface area contributed by atoms with Crippen LogP contribution < -0.4 is 10.6 Å². The Morgan fingerprint density at radius 2 is 1.56 bits per heavy atom. The molecule has 2 aromatic carbocycles. The zero-order valence-electron chi connectivity index (χ0n) is 18.5. The van der Waals surface area contributed by atoms with Gasteiger partial charge in [-0.2, -0.15) is 0 Å². The first-order valence-corrected chi connectivity index (χ1v) is 10.8. The Morgan fingerprint density at radius 3 is 2.16 bits per heavy atom. The van der Waals surface area contributed by atoms with Gasteiger partial charge in [-0.1, -0.05) is 62.4 Å². The van der Waals surface area contributed by atoms with Crippen molar-refractivity contribution in [2.45, 2.75) is 39.0 Å². The van der Waals surface area contributed by atoms with E-state index in [0.29, 0.717) is 13.0 Å². The highest BCUT2D eigenvalue weighted by atomic mass is 16.5. The van der Waals surface area contributed by atoms with Crippen LogP contribution in [0.5, 0.6) is 0 Å². The molecule has 170 valence electrons. The molecule has 2 amide bonds. The first-order chi connectivity index (χ1) is 15.3. The number of carbonyl (C=O) groups is 3. The lowest BCUT2D eigenvalue weighted by Gasteiger charge is -2.22. The molecule has 0 saturated carbocycles. The topological polar surface area (TPSA) is 105 Å². The number of carbonyl (C=O) groups excluding carboxylic acids is 2. The highest BCUT2D eigenvalue weighted by Gasteiger charge is 2.29. The van der Waals surface area contributed by atoms with Crippen LogP contribution in [-0.2, 0) is 14.3 Å². The molecule has 7 nitrogen and oxygen atoms in total. The predicted octanol–water partition coefficient (Wildman–Crippen LogP) is 3.92. The first-order valence-electron chi connectivity index (χ1n) is 10.8. The SMILES string of the molecule is CC(C)(CNC(=O)CCCNC(=O)OCC1c2ccccc2-c2ccccc21)CC(=O)O. The summed E-state index contributed by atoms with van der Waals surface area (Å²) in [7, 11) is 0. The Balaban J connectivity index is 1.38. The molecule has 0 saturated heterocycles. The average molecular weight is 439 g/mol. The van der Waals surface area contributed by atoms with Gasteiger partial charge in [-0.3, -0.25) is 9.59 Å². The largest absolute Gasteiger partial charge is 0.481 e. The summed E-state index contributed by atoms with van der Waals surface area (Å²) in [5.41, 5.74) is 4.15. The molecule has 0 radical (unpaired) electrons. The first kappa shape index (κ1) is 23.3. The van der Waals surface area contributed by atoms with E-state index in [1.165, 1.54) is 11.1 Å². The van der Waals surface area contributed by atoms with Crippen molar-refractivity contribution in [1.29, 1.82) is 0 Å². The summed E-state index contributed by atoms with van der Waals surface area (Å²) in [6, 6.07) is 16.3. The summed E-state index contributed by atoms with van der Waals surface area (Å²) in [4.78, 5) is 34.9. The third kappa shape index (κ3) is 6.09. The molecule has 0 aliphatic heterocycles. The number of amides is 2. The van der Waals surface area contributed by atoms with E-state index in [-0.39, 0.29) is 37.8 Å². The number of rotatable bonds is 10. The smallest absolute Gasteiger partial charge is 0.407 e. The van der Waals surface area contributed by atoms with E-state index in [9.17, 15) is 14.4 Å². The molecule has 3 rings (SSSR count). The molecular formula is C25H30N2O5. The van der Waals surface area contributed by atoms with E-state index >= 15 is 0 Å². The lowest BCUT2D eigenvalue weighted by molar-refractivity contribution is -0.139. The number of benzene rings is 2. The minimum absolute atomic E-state index is 0.00749. The lowest BCUT2D eigenvalue weighted by atomic mass is 9.89. The number of hydrogen-bond donors (Lipinski definition) is 3. The van der Waals surface area contributed by atoms with Crippen LogP contribution in [0.3, 0.4) is 0 Å². The van der Waals surface area contributed by atoms with Gasteiger partial charge in [0.05, 0.1) is 6.42 Å². The second-order valence-electron chi connectivity index (χ2n) is 8.87. The Labute approximate surface area is 188 Å². The summed E-state index contributed by atoms with van der Waals surface area (Å²) < 4.78 is 5.47. The number of carboxylic acid groups (broad SMARTS) is 1. The molecule has 0 spiro atoms. The molecule has 7 heteroatoms. The van der Waals surface area contributed by atoms with E-state index in [2.05, 4.69) is 34.9 Å². The van der Waals surface area contributed by atoms with Crippen LogP contribution in [0.1, 0.15) is 50.2 Å². The molecule has 3 N–H and O–H groups in total. The van der Waals surface area contributed by atoms with Crippen molar-refractivity contribution in [2.24, 2.45) is 5.41 Å². The maximum atomic E-state index is 12.1. The maximum Gasteiger partial charge on any atom is 0.407 e. The van der Waals surface area contributed by atoms with Gasteiger partial charge in [0.1, 0.15) is 6.61 Å². The van der Waals surface area contributed by atoms with Crippen LogP contribution in [0.4, 0.5) is 4.79 Å². The third-order valence-electron chi connectivity index (χ3n) is 5.59. The fraction of sp³-hybridized carbons (Fsp3) is 0.400. The fourth-order valence-electron chi connectivity index (χ4n) is 3.99. The van der Waals surface area contributed by atoms with Crippen LogP contribution in [-0.4, -0.2) is 42.8 Å². The minimum atomic E-state index is -0.892. The second-order valence-corrected chi connectivity index (χ2v) is 8.87. The van der Waals surface area contributed by atoms with Crippen LogP contribution in [0.15, 0.2) is 48.5 Å². The van der Waals surface area contributed by atoms with E-state index in [4.69, 9.17) is 9.84 Å². The molecule has 0 heterocycles. The normalized spacial score (nSPS) is 12.6. The number of ether oxygens (including phenoxy) is 1. The summed E-state index contributed by atoms with van der Waals surface area (Å²) in [6.45, 7) is 4.44. The van der Waals surface area contributed by atoms with Crippen molar-refractivity contribution in [3.8, 4) is 11.1 Å². The van der Waals surface area contributed by atoms with E-state index < -0.39 is 17.5 Å². The van der Waals surface area contributed by atoms with Crippen molar-refractivity contribution in [2.75, 3.05) is 19.7 Å². The highest BCUT2D eigenvalue weighted by Crippen LogP contribution is 2.44. The molecule has 32 heavy (non-hydrogen) atoms. The molecule has 2 aromatic rings. The minimum Gasteiger partial charge on any atom is -0.481 e. The quantitative estimate of drug-likeness (QED) is 0.488. The standard InChI is InChI=1S/C25H30N2O5/c1-25(2,14-23(29)30)16-27-22(28)12-7-13-26-24(31)32-15-21-19-10-5-3-8-17(19)18-9-4-6-11-20(18)21/h3-6,8-11,21H,7,12-16H2,1-2H3,(H,26,31)(H,27,28)(H,29,30). The molecule has 0 bridgehead atoms. The molecule has 0 fully saturated rings. The van der Waals surface area contributed by atoms with Crippen molar-refractivity contribution in [3.63, 3.8) is 0 Å². The Kier molecular flexibility index (Phi) is 7.51. The van der Waals surface area contributed by atoms with Gasteiger partial charge in [0.15, 0.2) is 0 Å². The maximum absolute atomic E-state index is 12.1. The third-order valence-corrected chi connectivity index (χ3v) is 5.59. The van der Waals surface area contributed by atoms with Crippen molar-refractivity contribution in [3.05, 3.63) is 59.7 Å². The monoisotopic (exact) mass is 438 g/mol. The summed E-state index contributed by atoms with van der Waals surface area (Å²) in [5.74, 6) is -1.05. The number of nitrogens with one attached hydrogen (secondary N) is 2. The van der Waals surface area contributed by atoms with Gasteiger partial charge in [0, 0.05) is 25.4 Å². The summed E-state index contributed by atoms with van der Waals surface area (Å²) >= 11 is 0.